The minimum absolute atomic E-state index is 0.169. The standard InChI is InChI=1S/C18H18BrN3O2S/c1-10-7-12(8-11(2)16(10)19)20-18-21-17(23)14(25-18)9-13-5-6-15(24-13)22(3)4/h5-9H,1-4H3,(H,20,21,23)/b14-9-. The summed E-state index contributed by atoms with van der Waals surface area (Å²) in [6, 6.07) is 7.67. The Morgan fingerprint density at radius 1 is 1.24 bits per heavy atom. The molecule has 1 fully saturated rings. The third kappa shape index (κ3) is 3.99. The number of rotatable bonds is 3. The minimum Gasteiger partial charge on any atom is -0.441 e. The number of hydrogen-bond acceptors (Lipinski definition) is 5. The summed E-state index contributed by atoms with van der Waals surface area (Å²) in [7, 11) is 3.81. The normalized spacial score (nSPS) is 17.4. The summed E-state index contributed by atoms with van der Waals surface area (Å²) in [5.74, 6) is 1.21. The number of halogens is 1. The van der Waals surface area contributed by atoms with E-state index in [4.69, 9.17) is 4.42 Å². The second kappa shape index (κ2) is 7.09. The van der Waals surface area contributed by atoms with Gasteiger partial charge in [-0.3, -0.25) is 4.79 Å². The highest BCUT2D eigenvalue weighted by Gasteiger charge is 2.24. The van der Waals surface area contributed by atoms with Gasteiger partial charge < -0.3 is 14.6 Å². The van der Waals surface area contributed by atoms with Crippen molar-refractivity contribution in [3.8, 4) is 0 Å². The average molecular weight is 420 g/mol. The first kappa shape index (κ1) is 17.8. The van der Waals surface area contributed by atoms with Gasteiger partial charge >= 0.3 is 0 Å². The highest BCUT2D eigenvalue weighted by Crippen LogP contribution is 2.31. The Morgan fingerprint density at radius 3 is 2.52 bits per heavy atom. The van der Waals surface area contributed by atoms with Crippen LogP contribution in [-0.4, -0.2) is 25.2 Å². The molecule has 1 aromatic heterocycles. The van der Waals surface area contributed by atoms with Crippen LogP contribution < -0.4 is 10.2 Å². The van der Waals surface area contributed by atoms with Gasteiger partial charge in [-0.2, -0.15) is 0 Å². The van der Waals surface area contributed by atoms with E-state index in [1.165, 1.54) is 11.8 Å². The van der Waals surface area contributed by atoms with E-state index in [1.807, 2.05) is 57.1 Å². The van der Waals surface area contributed by atoms with Crippen molar-refractivity contribution in [1.29, 1.82) is 0 Å². The number of thioether (sulfide) groups is 1. The van der Waals surface area contributed by atoms with Crippen LogP contribution >= 0.6 is 27.7 Å². The first-order valence-electron chi connectivity index (χ1n) is 7.67. The molecule has 1 N–H and O–H groups in total. The highest BCUT2D eigenvalue weighted by atomic mass is 79.9. The average Bonchev–Trinajstić information content (AvgIpc) is 3.13. The van der Waals surface area contributed by atoms with Gasteiger partial charge in [-0.25, -0.2) is 4.99 Å². The topological polar surface area (TPSA) is 57.8 Å². The van der Waals surface area contributed by atoms with Crippen LogP contribution in [0, 0.1) is 13.8 Å². The van der Waals surface area contributed by atoms with Crippen LogP contribution in [-0.2, 0) is 4.79 Å². The number of amidine groups is 1. The quantitative estimate of drug-likeness (QED) is 0.737. The molecule has 0 radical (unpaired) electrons. The summed E-state index contributed by atoms with van der Waals surface area (Å²) in [6.45, 7) is 4.04. The Balaban J connectivity index is 1.83. The maximum absolute atomic E-state index is 12.2. The van der Waals surface area contributed by atoms with Crippen molar-refractivity contribution in [3.63, 3.8) is 0 Å². The Bertz CT molecular complexity index is 876. The molecule has 1 aromatic carbocycles. The monoisotopic (exact) mass is 419 g/mol. The van der Waals surface area contributed by atoms with E-state index < -0.39 is 0 Å². The van der Waals surface area contributed by atoms with Gasteiger partial charge in [-0.05, 0) is 54.9 Å². The second-order valence-corrected chi connectivity index (χ2v) is 7.77. The number of benzene rings is 1. The smallest absolute Gasteiger partial charge is 0.264 e. The summed E-state index contributed by atoms with van der Waals surface area (Å²) in [4.78, 5) is 19.1. The van der Waals surface area contributed by atoms with Gasteiger partial charge in [0.1, 0.15) is 5.76 Å². The summed E-state index contributed by atoms with van der Waals surface area (Å²) in [5.41, 5.74) is 3.03. The third-order valence-corrected chi connectivity index (χ3v) is 5.79. The van der Waals surface area contributed by atoms with Crippen LogP contribution in [0.15, 0.2) is 43.1 Å². The Kier molecular flexibility index (Phi) is 5.06. The van der Waals surface area contributed by atoms with Crippen molar-refractivity contribution < 1.29 is 9.21 Å². The predicted molar refractivity (Wildman–Crippen MR) is 107 cm³/mol. The number of nitrogens with one attached hydrogen (secondary N) is 1. The lowest BCUT2D eigenvalue weighted by Gasteiger charge is -2.05. The number of carbonyl (C=O) groups is 1. The molecule has 5 nitrogen and oxygen atoms in total. The van der Waals surface area contributed by atoms with Gasteiger partial charge in [0, 0.05) is 30.7 Å². The molecule has 25 heavy (non-hydrogen) atoms. The fourth-order valence-corrected chi connectivity index (χ4v) is 3.43. The fraction of sp³-hybridized carbons (Fsp3) is 0.222. The largest absolute Gasteiger partial charge is 0.441 e. The van der Waals surface area contributed by atoms with E-state index >= 15 is 0 Å². The van der Waals surface area contributed by atoms with E-state index in [0.29, 0.717) is 15.8 Å². The van der Waals surface area contributed by atoms with Gasteiger partial charge in [0.05, 0.1) is 10.6 Å². The molecular formula is C18H18BrN3O2S. The van der Waals surface area contributed by atoms with Crippen LogP contribution in [0.3, 0.4) is 0 Å². The molecule has 0 atom stereocenters. The summed E-state index contributed by atoms with van der Waals surface area (Å²) in [6.07, 6.45) is 1.73. The van der Waals surface area contributed by atoms with Gasteiger partial charge in [-0.1, -0.05) is 15.9 Å². The van der Waals surface area contributed by atoms with Crippen LogP contribution in [0.1, 0.15) is 16.9 Å². The summed E-state index contributed by atoms with van der Waals surface area (Å²) >= 11 is 4.85. The Morgan fingerprint density at radius 2 is 1.92 bits per heavy atom. The van der Waals surface area contributed by atoms with Gasteiger partial charge in [-0.15, -0.1) is 0 Å². The highest BCUT2D eigenvalue weighted by molar-refractivity contribution is 9.10. The molecule has 2 heterocycles. The molecule has 1 saturated heterocycles. The molecule has 1 amide bonds. The molecule has 1 aliphatic rings. The maximum atomic E-state index is 12.2. The van der Waals surface area contributed by atoms with E-state index in [9.17, 15) is 4.79 Å². The first-order chi connectivity index (χ1) is 11.8. The second-order valence-electron chi connectivity index (χ2n) is 5.95. The molecule has 130 valence electrons. The van der Waals surface area contributed by atoms with Crippen molar-refractivity contribution in [3.05, 3.63) is 50.5 Å². The molecule has 0 unspecified atom stereocenters. The van der Waals surface area contributed by atoms with Gasteiger partial charge in [0.15, 0.2) is 11.1 Å². The van der Waals surface area contributed by atoms with Crippen LogP contribution in [0.4, 0.5) is 11.6 Å². The predicted octanol–water partition coefficient (Wildman–Crippen LogP) is 4.62. The molecule has 3 rings (SSSR count). The van der Waals surface area contributed by atoms with Crippen LogP contribution in [0.2, 0.25) is 0 Å². The van der Waals surface area contributed by atoms with Crippen molar-refractivity contribution in [2.24, 2.45) is 4.99 Å². The molecule has 2 aromatic rings. The summed E-state index contributed by atoms with van der Waals surface area (Å²) in [5, 5.41) is 3.36. The lowest BCUT2D eigenvalue weighted by molar-refractivity contribution is -0.115. The lowest BCUT2D eigenvalue weighted by atomic mass is 10.1. The maximum Gasteiger partial charge on any atom is 0.264 e. The van der Waals surface area contributed by atoms with Crippen molar-refractivity contribution in [1.82, 2.24) is 5.32 Å². The Labute approximate surface area is 159 Å². The number of nitrogens with zero attached hydrogens (tertiary/aromatic N) is 2. The van der Waals surface area contributed by atoms with Crippen LogP contribution in [0.5, 0.6) is 0 Å². The van der Waals surface area contributed by atoms with Crippen LogP contribution in [0.25, 0.3) is 6.08 Å². The van der Waals surface area contributed by atoms with Crippen molar-refractivity contribution in [2.75, 3.05) is 19.0 Å². The van der Waals surface area contributed by atoms with E-state index in [1.54, 1.807) is 6.08 Å². The number of amides is 1. The third-order valence-electron chi connectivity index (χ3n) is 3.63. The number of carbonyl (C=O) groups excluding carboxylic acids is 1. The summed E-state index contributed by atoms with van der Waals surface area (Å²) < 4.78 is 6.74. The number of aryl methyl sites for hydroxylation is 2. The Hall–Kier alpha value is -1.99. The van der Waals surface area contributed by atoms with E-state index in [0.717, 1.165) is 27.2 Å². The molecule has 0 aliphatic carbocycles. The molecular weight excluding hydrogens is 402 g/mol. The SMILES string of the molecule is Cc1cc(N=C2NC(=O)/C(=C/c3ccc(N(C)C)o3)S2)cc(C)c1Br. The van der Waals surface area contributed by atoms with Crippen molar-refractivity contribution >= 4 is 56.4 Å². The lowest BCUT2D eigenvalue weighted by Crippen LogP contribution is -2.19. The fourth-order valence-electron chi connectivity index (χ4n) is 2.37. The van der Waals surface area contributed by atoms with E-state index in [2.05, 4.69) is 26.2 Å². The number of aliphatic imine (C=N–C) groups is 1. The molecule has 1 aliphatic heterocycles. The van der Waals surface area contributed by atoms with E-state index in [-0.39, 0.29) is 5.91 Å². The molecule has 7 heteroatoms. The zero-order valence-corrected chi connectivity index (χ0v) is 16.8. The molecule has 0 saturated carbocycles. The molecule has 0 spiro atoms. The van der Waals surface area contributed by atoms with Crippen molar-refractivity contribution in [2.45, 2.75) is 13.8 Å². The molecule has 0 bridgehead atoms. The zero-order valence-electron chi connectivity index (χ0n) is 14.4. The zero-order chi connectivity index (χ0) is 18.1. The first-order valence-corrected chi connectivity index (χ1v) is 9.28. The number of anilines is 1. The van der Waals surface area contributed by atoms with Gasteiger partial charge in [0.2, 0.25) is 0 Å². The van der Waals surface area contributed by atoms with Gasteiger partial charge in [0.25, 0.3) is 5.91 Å². The number of hydrogen-bond donors (Lipinski definition) is 1. The number of furan rings is 1. The minimum atomic E-state index is -0.169.